The molecule has 1 fully saturated rings. The van der Waals surface area contributed by atoms with E-state index >= 15 is 0 Å². The van der Waals surface area contributed by atoms with Crippen LogP contribution in [0.4, 0.5) is 4.39 Å². The molecule has 1 N–H and O–H groups in total. The SMILES string of the molecule is O=C(c1cc(-c2ccc(F)cc2)c[nH]1)N1CCCC(Cc2nc(-c3ccsc3)no2)C1. The highest BCUT2D eigenvalue weighted by molar-refractivity contribution is 7.08. The largest absolute Gasteiger partial charge is 0.357 e. The highest BCUT2D eigenvalue weighted by atomic mass is 32.1. The van der Waals surface area contributed by atoms with E-state index < -0.39 is 0 Å². The zero-order valence-corrected chi connectivity index (χ0v) is 17.6. The van der Waals surface area contributed by atoms with Gasteiger partial charge in [0, 0.05) is 36.7 Å². The lowest BCUT2D eigenvalue weighted by molar-refractivity contribution is 0.0663. The molecule has 0 aliphatic carbocycles. The first-order valence-corrected chi connectivity index (χ1v) is 11.2. The minimum Gasteiger partial charge on any atom is -0.357 e. The molecule has 3 aromatic heterocycles. The van der Waals surface area contributed by atoms with Crippen LogP contribution in [0.5, 0.6) is 0 Å². The molecule has 158 valence electrons. The lowest BCUT2D eigenvalue weighted by Crippen LogP contribution is -2.40. The van der Waals surface area contributed by atoms with Gasteiger partial charge in [-0.3, -0.25) is 4.79 Å². The number of piperidine rings is 1. The molecule has 4 aromatic rings. The van der Waals surface area contributed by atoms with Gasteiger partial charge in [-0.05, 0) is 59.5 Å². The van der Waals surface area contributed by atoms with Crippen LogP contribution in [0.2, 0.25) is 0 Å². The van der Waals surface area contributed by atoms with Crippen LogP contribution in [0.3, 0.4) is 0 Å². The van der Waals surface area contributed by atoms with Crippen LogP contribution >= 0.6 is 11.3 Å². The Hall–Kier alpha value is -3.26. The molecule has 31 heavy (non-hydrogen) atoms. The van der Waals surface area contributed by atoms with Crippen molar-refractivity contribution in [3.8, 4) is 22.5 Å². The molecule has 6 nitrogen and oxygen atoms in total. The molecule has 1 atom stereocenters. The Balaban J connectivity index is 1.24. The van der Waals surface area contributed by atoms with E-state index in [1.54, 1.807) is 29.7 Å². The summed E-state index contributed by atoms with van der Waals surface area (Å²) in [7, 11) is 0. The van der Waals surface area contributed by atoms with Crippen LogP contribution in [-0.4, -0.2) is 39.0 Å². The third kappa shape index (κ3) is 4.29. The number of thiophene rings is 1. The van der Waals surface area contributed by atoms with Gasteiger partial charge < -0.3 is 14.4 Å². The van der Waals surface area contributed by atoms with Crippen molar-refractivity contribution in [3.63, 3.8) is 0 Å². The number of aromatic nitrogens is 3. The van der Waals surface area contributed by atoms with Crippen molar-refractivity contribution in [2.75, 3.05) is 13.1 Å². The van der Waals surface area contributed by atoms with E-state index in [0.717, 1.165) is 36.1 Å². The molecule has 0 bridgehead atoms. The topological polar surface area (TPSA) is 75.0 Å². The first-order chi connectivity index (χ1) is 15.2. The molecule has 0 radical (unpaired) electrons. The number of rotatable bonds is 5. The zero-order chi connectivity index (χ0) is 21.2. The minimum atomic E-state index is -0.279. The van der Waals surface area contributed by atoms with Crippen molar-refractivity contribution in [2.24, 2.45) is 5.92 Å². The second kappa shape index (κ2) is 8.47. The van der Waals surface area contributed by atoms with Crippen LogP contribution < -0.4 is 0 Å². The number of nitrogens with one attached hydrogen (secondary N) is 1. The van der Waals surface area contributed by atoms with E-state index in [9.17, 15) is 9.18 Å². The summed E-state index contributed by atoms with van der Waals surface area (Å²) in [4.78, 5) is 22.5. The molecule has 1 aromatic carbocycles. The average molecular weight is 437 g/mol. The van der Waals surface area contributed by atoms with Crippen LogP contribution in [0.25, 0.3) is 22.5 Å². The molecule has 1 aliphatic rings. The van der Waals surface area contributed by atoms with Crippen molar-refractivity contribution >= 4 is 17.2 Å². The van der Waals surface area contributed by atoms with Gasteiger partial charge in [-0.15, -0.1) is 0 Å². The molecule has 8 heteroatoms. The van der Waals surface area contributed by atoms with Crippen molar-refractivity contribution in [1.29, 1.82) is 0 Å². The van der Waals surface area contributed by atoms with Gasteiger partial charge in [0.2, 0.25) is 11.7 Å². The van der Waals surface area contributed by atoms with E-state index in [1.165, 1.54) is 12.1 Å². The fourth-order valence-electron chi connectivity index (χ4n) is 4.01. The summed E-state index contributed by atoms with van der Waals surface area (Å²) < 4.78 is 18.6. The quantitative estimate of drug-likeness (QED) is 0.476. The van der Waals surface area contributed by atoms with E-state index in [4.69, 9.17) is 4.52 Å². The first kappa shape index (κ1) is 19.7. The van der Waals surface area contributed by atoms with Gasteiger partial charge in [0.1, 0.15) is 11.5 Å². The molecule has 1 amide bonds. The van der Waals surface area contributed by atoms with Crippen LogP contribution in [0, 0.1) is 11.7 Å². The number of benzene rings is 1. The van der Waals surface area contributed by atoms with Crippen molar-refractivity contribution in [3.05, 3.63) is 70.8 Å². The van der Waals surface area contributed by atoms with Gasteiger partial charge in [0.05, 0.1) is 0 Å². The predicted octanol–water partition coefficient (Wildman–Crippen LogP) is 5.03. The normalized spacial score (nSPS) is 16.5. The Morgan fingerprint density at radius 2 is 2.10 bits per heavy atom. The summed E-state index contributed by atoms with van der Waals surface area (Å²) in [5, 5.41) is 8.05. The van der Waals surface area contributed by atoms with Gasteiger partial charge in [-0.2, -0.15) is 16.3 Å². The van der Waals surface area contributed by atoms with Gasteiger partial charge in [0.25, 0.3) is 5.91 Å². The molecule has 5 rings (SSSR count). The maximum absolute atomic E-state index is 13.2. The van der Waals surface area contributed by atoms with Crippen LogP contribution in [0.15, 0.2) is 57.9 Å². The Kier molecular flexibility index (Phi) is 5.38. The van der Waals surface area contributed by atoms with Crippen LogP contribution in [0.1, 0.15) is 29.2 Å². The zero-order valence-electron chi connectivity index (χ0n) is 16.8. The first-order valence-electron chi connectivity index (χ1n) is 10.2. The minimum absolute atomic E-state index is 0.0254. The Morgan fingerprint density at radius 1 is 1.23 bits per heavy atom. The third-order valence-electron chi connectivity index (χ3n) is 5.61. The summed E-state index contributed by atoms with van der Waals surface area (Å²) in [5.74, 6) is 1.19. The number of carbonyl (C=O) groups excluding carboxylic acids is 1. The summed E-state index contributed by atoms with van der Waals surface area (Å²) in [6.45, 7) is 1.38. The molecule has 0 saturated carbocycles. The maximum Gasteiger partial charge on any atom is 0.270 e. The predicted molar refractivity (Wildman–Crippen MR) is 116 cm³/mol. The number of hydrogen-bond acceptors (Lipinski definition) is 5. The highest BCUT2D eigenvalue weighted by Crippen LogP contribution is 2.25. The van der Waals surface area contributed by atoms with Gasteiger partial charge >= 0.3 is 0 Å². The number of hydrogen-bond donors (Lipinski definition) is 1. The number of H-pyrrole nitrogens is 1. The lowest BCUT2D eigenvalue weighted by atomic mass is 9.94. The van der Waals surface area contributed by atoms with Gasteiger partial charge in [-0.1, -0.05) is 17.3 Å². The molecular weight excluding hydrogens is 415 g/mol. The highest BCUT2D eigenvalue weighted by Gasteiger charge is 2.27. The van der Waals surface area contributed by atoms with E-state index in [-0.39, 0.29) is 17.6 Å². The molecule has 1 saturated heterocycles. The fraction of sp³-hybridized carbons (Fsp3) is 0.261. The van der Waals surface area contributed by atoms with Crippen molar-refractivity contribution in [1.82, 2.24) is 20.0 Å². The summed E-state index contributed by atoms with van der Waals surface area (Å²) in [6.07, 6.45) is 4.40. The van der Waals surface area contributed by atoms with Gasteiger partial charge in [0.15, 0.2) is 0 Å². The lowest BCUT2D eigenvalue weighted by Gasteiger charge is -2.31. The Labute approximate surface area is 182 Å². The van der Waals surface area contributed by atoms with Crippen LogP contribution in [-0.2, 0) is 6.42 Å². The third-order valence-corrected chi connectivity index (χ3v) is 6.29. The summed E-state index contributed by atoms with van der Waals surface area (Å²) in [5.41, 5.74) is 3.23. The van der Waals surface area contributed by atoms with Crippen molar-refractivity contribution < 1.29 is 13.7 Å². The summed E-state index contributed by atoms with van der Waals surface area (Å²) in [6, 6.07) is 10.0. The van der Waals surface area contributed by atoms with Crippen molar-refractivity contribution in [2.45, 2.75) is 19.3 Å². The number of aromatic amines is 1. The van der Waals surface area contributed by atoms with E-state index in [1.807, 2.05) is 27.8 Å². The number of carbonyl (C=O) groups is 1. The summed E-state index contributed by atoms with van der Waals surface area (Å²) >= 11 is 1.60. The number of nitrogens with zero attached hydrogens (tertiary/aromatic N) is 3. The Bertz CT molecular complexity index is 1170. The molecule has 1 unspecified atom stereocenters. The smallest absolute Gasteiger partial charge is 0.270 e. The monoisotopic (exact) mass is 436 g/mol. The number of likely N-dealkylation sites (tertiary alicyclic amines) is 1. The average Bonchev–Trinajstić information content (AvgIpc) is 3.55. The van der Waals surface area contributed by atoms with Gasteiger partial charge in [-0.25, -0.2) is 4.39 Å². The standard InChI is InChI=1S/C23H21FN4O2S/c24-19-5-3-16(4-6-19)18-11-20(25-12-18)23(29)28-8-1-2-15(13-28)10-21-26-22(27-30-21)17-7-9-31-14-17/h3-7,9,11-12,14-15,25H,1-2,8,10,13H2. The molecule has 1 aliphatic heterocycles. The second-order valence-corrected chi connectivity index (χ2v) is 8.58. The number of amides is 1. The number of halogens is 1. The molecular formula is C23H21FN4O2S. The maximum atomic E-state index is 13.2. The molecule has 0 spiro atoms. The molecule has 4 heterocycles. The van der Waals surface area contributed by atoms with E-state index in [2.05, 4.69) is 15.1 Å². The fourth-order valence-corrected chi connectivity index (χ4v) is 4.64. The van der Waals surface area contributed by atoms with E-state index in [0.29, 0.717) is 30.4 Å². The second-order valence-electron chi connectivity index (χ2n) is 7.80. The Morgan fingerprint density at radius 3 is 2.90 bits per heavy atom.